The number of fused-ring (bicyclic) bond motifs is 1. The first-order valence-corrected chi connectivity index (χ1v) is 5.68. The molecule has 1 aromatic carbocycles. The van der Waals surface area contributed by atoms with Gasteiger partial charge in [0.05, 0.1) is 6.61 Å². The van der Waals surface area contributed by atoms with E-state index in [1.807, 2.05) is 18.2 Å². The number of ether oxygens (including phenoxy) is 1. The Kier molecular flexibility index (Phi) is 2.44. The van der Waals surface area contributed by atoms with E-state index in [-0.39, 0.29) is 0 Å². The minimum Gasteiger partial charge on any atom is -0.493 e. The fourth-order valence-corrected chi connectivity index (χ4v) is 2.08. The zero-order valence-corrected chi connectivity index (χ0v) is 9.31. The van der Waals surface area contributed by atoms with Crippen molar-refractivity contribution in [3.63, 3.8) is 0 Å². The highest BCUT2D eigenvalue weighted by atomic mass is 16.5. The van der Waals surface area contributed by atoms with Crippen molar-refractivity contribution in [2.75, 3.05) is 6.61 Å². The Balaban J connectivity index is 2.00. The van der Waals surface area contributed by atoms with Gasteiger partial charge in [-0.15, -0.1) is 0 Å². The molecule has 0 atom stereocenters. The number of aldehydes is 1. The zero-order chi connectivity index (χ0) is 11.7. The van der Waals surface area contributed by atoms with Gasteiger partial charge in [-0.3, -0.25) is 4.79 Å². The van der Waals surface area contributed by atoms with E-state index in [1.54, 1.807) is 6.07 Å². The predicted octanol–water partition coefficient (Wildman–Crippen LogP) is 3.08. The normalized spacial score (nSPS) is 13.9. The molecule has 0 N–H and O–H groups in total. The van der Waals surface area contributed by atoms with Crippen LogP contribution in [0.2, 0.25) is 0 Å². The summed E-state index contributed by atoms with van der Waals surface area (Å²) in [4.78, 5) is 10.6. The molecule has 1 aliphatic rings. The van der Waals surface area contributed by atoms with E-state index in [9.17, 15) is 4.79 Å². The average molecular weight is 228 g/mol. The predicted molar refractivity (Wildman–Crippen MR) is 63.3 cm³/mol. The number of aryl methyl sites for hydroxylation is 1. The summed E-state index contributed by atoms with van der Waals surface area (Å²) in [6, 6.07) is 9.49. The van der Waals surface area contributed by atoms with Gasteiger partial charge in [0.25, 0.3) is 0 Å². The maximum atomic E-state index is 10.6. The topological polar surface area (TPSA) is 39.4 Å². The largest absolute Gasteiger partial charge is 0.493 e. The molecule has 0 radical (unpaired) electrons. The lowest BCUT2D eigenvalue weighted by atomic mass is 10.0. The second-order valence-electron chi connectivity index (χ2n) is 4.09. The highest BCUT2D eigenvalue weighted by molar-refractivity contribution is 5.73. The van der Waals surface area contributed by atoms with Gasteiger partial charge in [0.1, 0.15) is 11.5 Å². The summed E-state index contributed by atoms with van der Waals surface area (Å²) in [6.45, 7) is 0.794. The molecule has 1 aromatic heterocycles. The van der Waals surface area contributed by atoms with Crippen LogP contribution in [0.4, 0.5) is 0 Å². The summed E-state index contributed by atoms with van der Waals surface area (Å²) in [6.07, 6.45) is 2.80. The lowest BCUT2D eigenvalue weighted by molar-refractivity contribution is 0.110. The Labute approximate surface area is 99.0 Å². The van der Waals surface area contributed by atoms with Gasteiger partial charge in [0.15, 0.2) is 12.0 Å². The lowest BCUT2D eigenvalue weighted by Crippen LogP contribution is -2.07. The summed E-state index contributed by atoms with van der Waals surface area (Å²) in [7, 11) is 0. The zero-order valence-electron chi connectivity index (χ0n) is 9.31. The molecule has 17 heavy (non-hydrogen) atoms. The Morgan fingerprint density at radius 3 is 2.94 bits per heavy atom. The summed E-state index contributed by atoms with van der Waals surface area (Å²) in [5.41, 5.74) is 2.19. The molecule has 0 saturated heterocycles. The number of rotatable bonds is 2. The molecular formula is C14H12O3. The van der Waals surface area contributed by atoms with Crippen molar-refractivity contribution in [3.05, 3.63) is 41.7 Å². The van der Waals surface area contributed by atoms with Crippen molar-refractivity contribution in [3.8, 4) is 17.1 Å². The molecular weight excluding hydrogens is 216 g/mol. The molecule has 86 valence electrons. The second-order valence-corrected chi connectivity index (χ2v) is 4.09. The van der Waals surface area contributed by atoms with E-state index in [1.165, 1.54) is 5.56 Å². The van der Waals surface area contributed by atoms with Crippen molar-refractivity contribution in [1.82, 2.24) is 0 Å². The van der Waals surface area contributed by atoms with Crippen molar-refractivity contribution in [1.29, 1.82) is 0 Å². The summed E-state index contributed by atoms with van der Waals surface area (Å²) in [5.74, 6) is 2.04. The van der Waals surface area contributed by atoms with Gasteiger partial charge >= 0.3 is 0 Å². The molecule has 3 nitrogen and oxygen atoms in total. The van der Waals surface area contributed by atoms with Gasteiger partial charge in [0.2, 0.25) is 0 Å². The monoisotopic (exact) mass is 228 g/mol. The van der Waals surface area contributed by atoms with Gasteiger partial charge in [-0.05, 0) is 48.7 Å². The first kappa shape index (κ1) is 10.1. The van der Waals surface area contributed by atoms with Crippen LogP contribution in [0.5, 0.6) is 5.75 Å². The van der Waals surface area contributed by atoms with E-state index in [4.69, 9.17) is 9.15 Å². The number of furan rings is 1. The molecule has 0 spiro atoms. The molecule has 1 aliphatic heterocycles. The minimum atomic E-state index is 0.356. The van der Waals surface area contributed by atoms with Crippen LogP contribution >= 0.6 is 0 Å². The van der Waals surface area contributed by atoms with E-state index >= 15 is 0 Å². The van der Waals surface area contributed by atoms with E-state index < -0.39 is 0 Å². The van der Waals surface area contributed by atoms with Gasteiger partial charge in [-0.1, -0.05) is 0 Å². The van der Waals surface area contributed by atoms with Crippen LogP contribution in [0, 0.1) is 0 Å². The van der Waals surface area contributed by atoms with Crippen molar-refractivity contribution < 1.29 is 13.9 Å². The van der Waals surface area contributed by atoms with Gasteiger partial charge in [0, 0.05) is 5.56 Å². The maximum absolute atomic E-state index is 10.6. The number of carbonyl (C=O) groups excluding carboxylic acids is 1. The number of benzene rings is 1. The first-order chi connectivity index (χ1) is 8.36. The fourth-order valence-electron chi connectivity index (χ4n) is 2.08. The molecule has 0 fully saturated rings. The summed E-state index contributed by atoms with van der Waals surface area (Å²) >= 11 is 0. The minimum absolute atomic E-state index is 0.356. The molecule has 0 bridgehead atoms. The molecule has 0 unspecified atom stereocenters. The molecule has 0 saturated carbocycles. The van der Waals surface area contributed by atoms with Crippen molar-refractivity contribution in [2.45, 2.75) is 12.8 Å². The Hall–Kier alpha value is -2.03. The highest BCUT2D eigenvalue weighted by Gasteiger charge is 2.12. The Morgan fingerprint density at radius 2 is 2.12 bits per heavy atom. The van der Waals surface area contributed by atoms with E-state index in [0.29, 0.717) is 12.0 Å². The first-order valence-electron chi connectivity index (χ1n) is 5.68. The van der Waals surface area contributed by atoms with Crippen LogP contribution in [0.15, 0.2) is 34.7 Å². The Morgan fingerprint density at radius 1 is 1.18 bits per heavy atom. The molecule has 2 aromatic rings. The number of hydrogen-bond acceptors (Lipinski definition) is 3. The lowest BCUT2D eigenvalue weighted by Gasteiger charge is -2.17. The molecule has 3 rings (SSSR count). The van der Waals surface area contributed by atoms with E-state index in [0.717, 1.165) is 36.5 Å². The number of hydrogen-bond donors (Lipinski definition) is 0. The van der Waals surface area contributed by atoms with Gasteiger partial charge in [-0.2, -0.15) is 0 Å². The standard InChI is InChI=1S/C14H12O3/c15-9-12-4-6-14(17-12)11-3-5-13-10(8-11)2-1-7-16-13/h3-6,8-9H,1-2,7H2. The average Bonchev–Trinajstić information content (AvgIpc) is 2.87. The molecule has 3 heteroatoms. The van der Waals surface area contributed by atoms with Crippen LogP contribution in [0.25, 0.3) is 11.3 Å². The van der Waals surface area contributed by atoms with Crippen molar-refractivity contribution in [2.24, 2.45) is 0 Å². The smallest absolute Gasteiger partial charge is 0.185 e. The third kappa shape index (κ3) is 1.84. The maximum Gasteiger partial charge on any atom is 0.185 e. The second kappa shape index (κ2) is 4.09. The molecule has 2 heterocycles. The van der Waals surface area contributed by atoms with Crippen LogP contribution in [-0.4, -0.2) is 12.9 Å². The quantitative estimate of drug-likeness (QED) is 0.741. The van der Waals surface area contributed by atoms with Crippen molar-refractivity contribution >= 4 is 6.29 Å². The SMILES string of the molecule is O=Cc1ccc(-c2ccc3c(c2)CCCO3)o1. The fraction of sp³-hybridized carbons (Fsp3) is 0.214. The van der Waals surface area contributed by atoms with Crippen LogP contribution in [-0.2, 0) is 6.42 Å². The third-order valence-electron chi connectivity index (χ3n) is 2.94. The van der Waals surface area contributed by atoms with Gasteiger partial charge < -0.3 is 9.15 Å². The summed E-state index contributed by atoms with van der Waals surface area (Å²) < 4.78 is 11.0. The van der Waals surface area contributed by atoms with Crippen LogP contribution < -0.4 is 4.74 Å². The molecule has 0 aliphatic carbocycles. The molecule has 0 amide bonds. The highest BCUT2D eigenvalue weighted by Crippen LogP contribution is 2.30. The summed E-state index contributed by atoms with van der Waals surface area (Å²) in [5, 5.41) is 0. The van der Waals surface area contributed by atoms with E-state index in [2.05, 4.69) is 6.07 Å². The Bertz CT molecular complexity index is 554. The third-order valence-corrected chi connectivity index (χ3v) is 2.94. The number of carbonyl (C=O) groups is 1. The van der Waals surface area contributed by atoms with Crippen LogP contribution in [0.1, 0.15) is 22.5 Å². The van der Waals surface area contributed by atoms with Crippen LogP contribution in [0.3, 0.4) is 0 Å². The van der Waals surface area contributed by atoms with Gasteiger partial charge in [-0.25, -0.2) is 0 Å².